The molecule has 1 atom stereocenters. The van der Waals surface area contributed by atoms with E-state index in [-0.39, 0.29) is 5.92 Å². The van der Waals surface area contributed by atoms with E-state index in [0.717, 1.165) is 26.0 Å². The monoisotopic (exact) mass is 185 g/mol. The molecule has 2 rings (SSSR count). The number of carbonyl (C=O) groups is 1. The van der Waals surface area contributed by atoms with Crippen LogP contribution in [-0.4, -0.2) is 48.3 Å². The van der Waals surface area contributed by atoms with Crippen LogP contribution in [0.2, 0.25) is 0 Å². The predicted octanol–water partition coefficient (Wildman–Crippen LogP) is 0.182. The van der Waals surface area contributed by atoms with Crippen molar-refractivity contribution in [3.63, 3.8) is 0 Å². The summed E-state index contributed by atoms with van der Waals surface area (Å²) in [5.74, 6) is -0.801. The zero-order chi connectivity index (χ0) is 9.26. The molecule has 0 radical (unpaired) electrons. The Labute approximate surface area is 77.5 Å². The van der Waals surface area contributed by atoms with Crippen molar-refractivity contribution >= 4 is 5.97 Å². The summed E-state index contributed by atoms with van der Waals surface area (Å²) in [5, 5.41) is 8.65. The van der Waals surface area contributed by atoms with Gasteiger partial charge in [0.05, 0.1) is 12.0 Å². The topological polar surface area (TPSA) is 49.8 Å². The van der Waals surface area contributed by atoms with E-state index < -0.39 is 5.97 Å². The number of carboxylic acids is 1. The van der Waals surface area contributed by atoms with Crippen molar-refractivity contribution in [3.8, 4) is 0 Å². The van der Waals surface area contributed by atoms with Crippen LogP contribution in [0.15, 0.2) is 0 Å². The molecule has 74 valence electrons. The number of carboxylic acid groups (broad SMARTS) is 1. The molecular weight excluding hydrogens is 170 g/mol. The molecule has 2 aliphatic rings. The Bertz CT molecular complexity index is 195. The number of nitrogens with zero attached hydrogens (tertiary/aromatic N) is 1. The summed E-state index contributed by atoms with van der Waals surface area (Å²) in [5.41, 5.74) is 0. The second-order valence-electron chi connectivity index (χ2n) is 3.89. The molecule has 1 N–H and O–H groups in total. The number of hydrogen-bond donors (Lipinski definition) is 1. The normalized spacial score (nSPS) is 30.3. The van der Waals surface area contributed by atoms with Crippen molar-refractivity contribution in [2.45, 2.75) is 18.9 Å². The fraction of sp³-hybridized carbons (Fsp3) is 0.889. The highest BCUT2D eigenvalue weighted by atomic mass is 16.5. The first-order chi connectivity index (χ1) is 6.25. The van der Waals surface area contributed by atoms with Gasteiger partial charge in [0.2, 0.25) is 0 Å². The number of aliphatic carboxylic acids is 1. The number of hydrogen-bond acceptors (Lipinski definition) is 3. The second-order valence-corrected chi connectivity index (χ2v) is 3.89. The minimum Gasteiger partial charge on any atom is -0.481 e. The van der Waals surface area contributed by atoms with Crippen LogP contribution >= 0.6 is 0 Å². The molecule has 4 nitrogen and oxygen atoms in total. The fourth-order valence-corrected chi connectivity index (χ4v) is 1.95. The van der Waals surface area contributed by atoms with Crippen molar-refractivity contribution in [1.29, 1.82) is 0 Å². The average Bonchev–Trinajstić information content (AvgIpc) is 2.46. The molecule has 2 saturated heterocycles. The van der Waals surface area contributed by atoms with E-state index in [0.29, 0.717) is 19.2 Å². The summed E-state index contributed by atoms with van der Waals surface area (Å²) in [7, 11) is 0. The van der Waals surface area contributed by atoms with E-state index in [9.17, 15) is 4.79 Å². The molecule has 1 unspecified atom stereocenters. The molecule has 0 saturated carbocycles. The molecule has 0 aromatic heterocycles. The van der Waals surface area contributed by atoms with Gasteiger partial charge in [-0.3, -0.25) is 9.69 Å². The third kappa shape index (κ3) is 2.00. The van der Waals surface area contributed by atoms with Gasteiger partial charge < -0.3 is 9.84 Å². The Morgan fingerprint density at radius 2 is 2.31 bits per heavy atom. The van der Waals surface area contributed by atoms with Crippen LogP contribution in [0.1, 0.15) is 12.8 Å². The Kier molecular flexibility index (Phi) is 2.51. The Morgan fingerprint density at radius 1 is 1.54 bits per heavy atom. The summed E-state index contributed by atoms with van der Waals surface area (Å²) in [6.45, 7) is 3.20. The van der Waals surface area contributed by atoms with Gasteiger partial charge in [0.15, 0.2) is 0 Å². The van der Waals surface area contributed by atoms with Crippen LogP contribution in [0.4, 0.5) is 0 Å². The molecule has 0 spiro atoms. The van der Waals surface area contributed by atoms with E-state index in [1.807, 2.05) is 0 Å². The van der Waals surface area contributed by atoms with Gasteiger partial charge in [0, 0.05) is 26.2 Å². The van der Waals surface area contributed by atoms with Crippen molar-refractivity contribution in [3.05, 3.63) is 0 Å². The first-order valence-corrected chi connectivity index (χ1v) is 4.82. The fourth-order valence-electron chi connectivity index (χ4n) is 1.95. The van der Waals surface area contributed by atoms with Gasteiger partial charge in [-0.1, -0.05) is 0 Å². The molecule has 0 aromatic carbocycles. The predicted molar refractivity (Wildman–Crippen MR) is 46.5 cm³/mol. The maximum atomic E-state index is 10.5. The Hall–Kier alpha value is -0.610. The van der Waals surface area contributed by atoms with E-state index in [2.05, 4.69) is 4.90 Å². The minimum atomic E-state index is -0.663. The summed E-state index contributed by atoms with van der Waals surface area (Å²) >= 11 is 0. The highest BCUT2D eigenvalue weighted by Gasteiger charge is 2.34. The third-order valence-electron chi connectivity index (χ3n) is 2.79. The molecule has 13 heavy (non-hydrogen) atoms. The lowest BCUT2D eigenvalue weighted by molar-refractivity contribution is -0.148. The molecule has 0 aromatic rings. The zero-order valence-electron chi connectivity index (χ0n) is 7.61. The second kappa shape index (κ2) is 3.64. The van der Waals surface area contributed by atoms with Gasteiger partial charge in [-0.25, -0.2) is 0 Å². The third-order valence-corrected chi connectivity index (χ3v) is 2.79. The maximum absolute atomic E-state index is 10.5. The molecule has 0 bridgehead atoms. The van der Waals surface area contributed by atoms with Crippen LogP contribution in [0.5, 0.6) is 0 Å². The van der Waals surface area contributed by atoms with Crippen molar-refractivity contribution < 1.29 is 14.6 Å². The first-order valence-electron chi connectivity index (χ1n) is 4.82. The van der Waals surface area contributed by atoms with Gasteiger partial charge in [-0.05, 0) is 12.8 Å². The first kappa shape index (κ1) is 8.97. The summed E-state index contributed by atoms with van der Waals surface area (Å²) in [4.78, 5) is 12.7. The van der Waals surface area contributed by atoms with Crippen LogP contribution in [0.25, 0.3) is 0 Å². The molecule has 0 aliphatic carbocycles. The highest BCUT2D eigenvalue weighted by molar-refractivity contribution is 5.71. The standard InChI is InChI=1S/C9H15NO3/c11-9(12)7-4-10(5-7)6-8-2-1-3-13-8/h7-8H,1-6H2,(H,11,12). The molecule has 2 aliphatic heterocycles. The molecular formula is C9H15NO3. The summed E-state index contributed by atoms with van der Waals surface area (Å²) in [6.07, 6.45) is 2.64. The van der Waals surface area contributed by atoms with Gasteiger partial charge in [-0.2, -0.15) is 0 Å². The zero-order valence-corrected chi connectivity index (χ0v) is 7.61. The lowest BCUT2D eigenvalue weighted by Gasteiger charge is -2.37. The van der Waals surface area contributed by atoms with Crippen molar-refractivity contribution in [1.82, 2.24) is 4.90 Å². The summed E-state index contributed by atoms with van der Waals surface area (Å²) < 4.78 is 5.47. The SMILES string of the molecule is O=C(O)C1CN(CC2CCCO2)C1. The van der Waals surface area contributed by atoms with Crippen LogP contribution in [0, 0.1) is 5.92 Å². The summed E-state index contributed by atoms with van der Waals surface area (Å²) in [6, 6.07) is 0. The van der Waals surface area contributed by atoms with E-state index in [4.69, 9.17) is 9.84 Å². The molecule has 2 fully saturated rings. The minimum absolute atomic E-state index is 0.138. The highest BCUT2D eigenvalue weighted by Crippen LogP contribution is 2.20. The van der Waals surface area contributed by atoms with Gasteiger partial charge in [0.1, 0.15) is 0 Å². The van der Waals surface area contributed by atoms with Crippen molar-refractivity contribution in [2.24, 2.45) is 5.92 Å². The Balaban J connectivity index is 1.66. The number of likely N-dealkylation sites (tertiary alicyclic amines) is 1. The van der Waals surface area contributed by atoms with Gasteiger partial charge in [0.25, 0.3) is 0 Å². The average molecular weight is 185 g/mol. The quantitative estimate of drug-likeness (QED) is 0.681. The van der Waals surface area contributed by atoms with Crippen molar-refractivity contribution in [2.75, 3.05) is 26.2 Å². The number of ether oxygens (including phenoxy) is 1. The number of rotatable bonds is 3. The molecule has 2 heterocycles. The maximum Gasteiger partial charge on any atom is 0.309 e. The van der Waals surface area contributed by atoms with E-state index in [1.165, 1.54) is 0 Å². The molecule has 0 amide bonds. The smallest absolute Gasteiger partial charge is 0.309 e. The van der Waals surface area contributed by atoms with Crippen LogP contribution in [-0.2, 0) is 9.53 Å². The van der Waals surface area contributed by atoms with Crippen LogP contribution < -0.4 is 0 Å². The van der Waals surface area contributed by atoms with Gasteiger partial charge in [-0.15, -0.1) is 0 Å². The van der Waals surface area contributed by atoms with E-state index in [1.54, 1.807) is 0 Å². The van der Waals surface area contributed by atoms with E-state index >= 15 is 0 Å². The van der Waals surface area contributed by atoms with Gasteiger partial charge >= 0.3 is 5.97 Å². The van der Waals surface area contributed by atoms with Crippen LogP contribution in [0.3, 0.4) is 0 Å². The largest absolute Gasteiger partial charge is 0.481 e. The lowest BCUT2D eigenvalue weighted by Crippen LogP contribution is -2.52. The lowest BCUT2D eigenvalue weighted by atomic mass is 10.00. The molecule has 4 heteroatoms. The Morgan fingerprint density at radius 3 is 2.85 bits per heavy atom.